The van der Waals surface area contributed by atoms with Crippen molar-refractivity contribution in [2.24, 2.45) is 0 Å². The Labute approximate surface area is 107 Å². The average molecular weight is 251 g/mol. The van der Waals surface area contributed by atoms with Gasteiger partial charge in [0.2, 0.25) is 0 Å². The van der Waals surface area contributed by atoms with Crippen LogP contribution in [0.2, 0.25) is 0 Å². The van der Waals surface area contributed by atoms with Crippen LogP contribution in [0.25, 0.3) is 0 Å². The van der Waals surface area contributed by atoms with E-state index in [1.54, 1.807) is 0 Å². The van der Waals surface area contributed by atoms with Gasteiger partial charge >= 0.3 is 0 Å². The minimum Gasteiger partial charge on any atom is -0.261 e. The van der Waals surface area contributed by atoms with Crippen molar-refractivity contribution < 1.29 is 0 Å². The van der Waals surface area contributed by atoms with Gasteiger partial charge in [0.05, 0.1) is 0 Å². The molecular formula is C15H25NS. The van der Waals surface area contributed by atoms with Crippen LogP contribution in [0.4, 0.5) is 0 Å². The van der Waals surface area contributed by atoms with Gasteiger partial charge in [0, 0.05) is 11.4 Å². The maximum atomic E-state index is 4.39. The van der Waals surface area contributed by atoms with Gasteiger partial charge in [-0.15, -0.1) is 9.39 Å². The van der Waals surface area contributed by atoms with Crippen LogP contribution < -0.4 is 0 Å². The van der Waals surface area contributed by atoms with Gasteiger partial charge in [0.15, 0.2) is 0 Å². The predicted molar refractivity (Wildman–Crippen MR) is 83.7 cm³/mol. The molecule has 96 valence electrons. The summed E-state index contributed by atoms with van der Waals surface area (Å²) in [6.07, 6.45) is 1.14. The van der Waals surface area contributed by atoms with Gasteiger partial charge in [-0.05, 0) is 57.0 Å². The summed E-state index contributed by atoms with van der Waals surface area (Å²) in [7, 11) is 0.795. The fourth-order valence-corrected chi connectivity index (χ4v) is 3.92. The summed E-state index contributed by atoms with van der Waals surface area (Å²) in [5.41, 5.74) is 4.00. The zero-order valence-electron chi connectivity index (χ0n) is 11.8. The first-order chi connectivity index (χ1) is 7.80. The van der Waals surface area contributed by atoms with Crippen molar-refractivity contribution in [3.8, 4) is 0 Å². The molecule has 17 heavy (non-hydrogen) atoms. The number of rotatable bonds is 4. The molecule has 0 aliphatic carbocycles. The molecule has 0 amide bonds. The van der Waals surface area contributed by atoms with Gasteiger partial charge < -0.3 is 0 Å². The second kappa shape index (κ2) is 5.28. The Morgan fingerprint density at radius 2 is 1.59 bits per heavy atom. The Kier molecular flexibility index (Phi) is 4.45. The average Bonchev–Trinajstić information content (AvgIpc) is 2.23. The summed E-state index contributed by atoms with van der Waals surface area (Å²) in [5.74, 6) is 8.78. The van der Waals surface area contributed by atoms with E-state index in [-0.39, 0.29) is 0 Å². The van der Waals surface area contributed by atoms with Crippen molar-refractivity contribution in [1.29, 1.82) is 0 Å². The van der Waals surface area contributed by atoms with E-state index in [9.17, 15) is 0 Å². The molecule has 0 saturated heterocycles. The van der Waals surface area contributed by atoms with E-state index in [4.69, 9.17) is 0 Å². The maximum Gasteiger partial charge on any atom is 0.0120 e. The highest BCUT2D eigenvalue weighted by atomic mass is 32.2. The standard InChI is InChI=1S/C15H25NS/c1-8-9-16(5)17(6,7)15-11-13(3)12(2)10-14(15)4/h10-11H,6-9H2,1-5H3. The molecule has 0 aliphatic rings. The Balaban J connectivity index is 3.29. The summed E-state index contributed by atoms with van der Waals surface area (Å²) in [6, 6.07) is 4.52. The molecule has 0 aliphatic heterocycles. The zero-order valence-corrected chi connectivity index (χ0v) is 12.7. The first-order valence-corrected chi connectivity index (χ1v) is 8.02. The highest BCUT2D eigenvalue weighted by molar-refractivity contribution is 8.25. The van der Waals surface area contributed by atoms with Gasteiger partial charge in [-0.2, -0.15) is 0 Å². The largest absolute Gasteiger partial charge is 0.261 e. The molecule has 0 radical (unpaired) electrons. The Bertz CT molecular complexity index is 498. The molecule has 1 aromatic rings. The Morgan fingerprint density at radius 1 is 1.06 bits per heavy atom. The van der Waals surface area contributed by atoms with E-state index in [1.807, 2.05) is 0 Å². The van der Waals surface area contributed by atoms with E-state index in [0.29, 0.717) is 0 Å². The zero-order chi connectivity index (χ0) is 13.2. The lowest BCUT2D eigenvalue weighted by Gasteiger charge is -2.29. The highest BCUT2D eigenvalue weighted by Gasteiger charge is 2.11. The van der Waals surface area contributed by atoms with E-state index >= 15 is 0 Å². The number of benzene rings is 1. The van der Waals surface area contributed by atoms with Crippen LogP contribution in [0.1, 0.15) is 30.0 Å². The van der Waals surface area contributed by atoms with E-state index in [1.165, 1.54) is 21.6 Å². The van der Waals surface area contributed by atoms with Gasteiger partial charge in [-0.1, -0.05) is 24.7 Å². The monoisotopic (exact) mass is 251 g/mol. The molecule has 1 rings (SSSR count). The van der Waals surface area contributed by atoms with Gasteiger partial charge in [-0.25, -0.2) is 0 Å². The van der Waals surface area contributed by atoms with Crippen LogP contribution in [0.3, 0.4) is 0 Å². The number of hydrogen-bond donors (Lipinski definition) is 0. The van der Waals surface area contributed by atoms with Crippen LogP contribution in [0.15, 0.2) is 17.0 Å². The topological polar surface area (TPSA) is 3.24 Å². The summed E-state index contributed by atoms with van der Waals surface area (Å²) < 4.78 is 2.31. The smallest absolute Gasteiger partial charge is 0.0120 e. The van der Waals surface area contributed by atoms with Gasteiger partial charge in [-0.3, -0.25) is 4.31 Å². The predicted octanol–water partition coefficient (Wildman–Crippen LogP) is 3.90. The van der Waals surface area contributed by atoms with Crippen molar-refractivity contribution in [3.63, 3.8) is 0 Å². The third-order valence-corrected chi connectivity index (χ3v) is 5.97. The molecule has 0 fully saturated rings. The molecule has 0 bridgehead atoms. The number of nitrogens with zero attached hydrogens (tertiary/aromatic N) is 1. The second-order valence-electron chi connectivity index (χ2n) is 4.90. The summed E-state index contributed by atoms with van der Waals surface area (Å²) in [6.45, 7) is 9.73. The lowest BCUT2D eigenvalue weighted by molar-refractivity contribution is 0.556. The molecule has 0 heterocycles. The third kappa shape index (κ3) is 2.93. The maximum absolute atomic E-state index is 4.39. The first kappa shape index (κ1) is 14.3. The molecule has 1 nitrogen and oxygen atoms in total. The molecule has 0 unspecified atom stereocenters. The van der Waals surface area contributed by atoms with E-state index < -0.39 is 9.39 Å². The molecule has 0 atom stereocenters. The molecule has 0 aromatic heterocycles. The molecule has 0 spiro atoms. The summed E-state index contributed by atoms with van der Waals surface area (Å²) in [5, 5.41) is 0. The van der Waals surface area contributed by atoms with Crippen molar-refractivity contribution >= 4 is 21.1 Å². The number of aryl methyl sites for hydroxylation is 3. The minimum atomic E-state index is -1.34. The van der Waals surface area contributed by atoms with Gasteiger partial charge in [0.1, 0.15) is 0 Å². The van der Waals surface area contributed by atoms with Crippen LogP contribution in [0.5, 0.6) is 0 Å². The fourth-order valence-electron chi connectivity index (χ4n) is 2.00. The Hall–Kier alpha value is -0.730. The molecule has 2 heteroatoms. The van der Waals surface area contributed by atoms with Crippen LogP contribution in [-0.4, -0.2) is 29.6 Å². The normalized spacial score (nSPS) is 12.1. The van der Waals surface area contributed by atoms with E-state index in [2.05, 4.69) is 62.9 Å². The SMILES string of the molecule is C=S(=C)(c1cc(C)c(C)cc1C)N(C)CCC. The minimum absolute atomic E-state index is 1.05. The lowest BCUT2D eigenvalue weighted by Crippen LogP contribution is -2.16. The first-order valence-electron chi connectivity index (χ1n) is 6.09. The summed E-state index contributed by atoms with van der Waals surface area (Å²) in [4.78, 5) is 1.32. The number of hydrogen-bond acceptors (Lipinski definition) is 1. The van der Waals surface area contributed by atoms with Crippen molar-refractivity contribution in [3.05, 3.63) is 28.8 Å². The lowest BCUT2D eigenvalue weighted by atomic mass is 10.1. The van der Waals surface area contributed by atoms with Crippen molar-refractivity contribution in [1.82, 2.24) is 4.31 Å². The molecular weight excluding hydrogens is 226 g/mol. The molecule has 0 saturated carbocycles. The van der Waals surface area contributed by atoms with Crippen LogP contribution >= 0.6 is 9.39 Å². The Morgan fingerprint density at radius 3 is 2.12 bits per heavy atom. The third-order valence-electron chi connectivity index (χ3n) is 3.34. The fraction of sp³-hybridized carbons (Fsp3) is 0.467. The quantitative estimate of drug-likeness (QED) is 0.734. The molecule has 1 aromatic carbocycles. The van der Waals surface area contributed by atoms with Crippen molar-refractivity contribution in [2.45, 2.75) is 39.0 Å². The van der Waals surface area contributed by atoms with Crippen LogP contribution in [-0.2, 0) is 0 Å². The van der Waals surface area contributed by atoms with Crippen molar-refractivity contribution in [2.75, 3.05) is 13.6 Å². The van der Waals surface area contributed by atoms with E-state index in [0.717, 1.165) is 13.0 Å². The van der Waals surface area contributed by atoms with Crippen LogP contribution in [0, 0.1) is 20.8 Å². The second-order valence-corrected chi connectivity index (χ2v) is 7.64. The highest BCUT2D eigenvalue weighted by Crippen LogP contribution is 2.38. The summed E-state index contributed by atoms with van der Waals surface area (Å²) >= 11 is 0. The molecule has 0 N–H and O–H groups in total. The van der Waals surface area contributed by atoms with Gasteiger partial charge in [0.25, 0.3) is 0 Å².